The van der Waals surface area contributed by atoms with E-state index in [0.717, 1.165) is 102 Å². The molecule has 17 nitrogen and oxygen atoms in total. The first-order valence-corrected chi connectivity index (χ1v) is 48.0. The number of aliphatic hydroxyl groups is 1. The predicted molar refractivity (Wildman–Crippen MR) is 437 cm³/mol. The molecule has 0 heterocycles. The molecule has 0 aromatic rings. The van der Waals surface area contributed by atoms with Crippen LogP contribution in [0.1, 0.15) is 465 Å². The molecule has 0 aromatic carbocycles. The minimum absolute atomic E-state index is 0.108. The smallest absolute Gasteiger partial charge is 0.462 e. The van der Waals surface area contributed by atoms with E-state index in [1.54, 1.807) is 0 Å². The molecule has 0 aliphatic carbocycles. The van der Waals surface area contributed by atoms with Gasteiger partial charge in [-0.2, -0.15) is 0 Å². The summed E-state index contributed by atoms with van der Waals surface area (Å²) in [6.07, 6.45) is 70.6. The number of esters is 4. The van der Waals surface area contributed by atoms with Gasteiger partial charge in [0.2, 0.25) is 0 Å². The summed E-state index contributed by atoms with van der Waals surface area (Å²) in [5, 5.41) is 10.7. The second-order valence-corrected chi connectivity index (χ2v) is 34.9. The Bertz CT molecular complexity index is 2030. The minimum atomic E-state index is -4.97. The normalized spacial score (nSPS) is 14.1. The molecule has 0 saturated heterocycles. The van der Waals surface area contributed by atoms with Gasteiger partial charge in [0, 0.05) is 25.7 Å². The molecule has 0 aliphatic heterocycles. The van der Waals surface area contributed by atoms with Gasteiger partial charge >= 0.3 is 39.5 Å². The number of hydrogen-bond donors (Lipinski definition) is 3. The Morgan fingerprint density at radius 2 is 0.481 bits per heavy atom. The van der Waals surface area contributed by atoms with Gasteiger partial charge in [0.25, 0.3) is 0 Å². The zero-order valence-electron chi connectivity index (χ0n) is 69.7. The third-order valence-corrected chi connectivity index (χ3v) is 22.7. The van der Waals surface area contributed by atoms with Crippen LogP contribution in [-0.2, 0) is 65.4 Å². The van der Waals surface area contributed by atoms with Crippen molar-refractivity contribution in [3.8, 4) is 0 Å². The monoisotopic (exact) mass is 1550 g/mol. The van der Waals surface area contributed by atoms with E-state index in [1.807, 2.05) is 0 Å². The third kappa shape index (κ3) is 78.7. The van der Waals surface area contributed by atoms with Crippen molar-refractivity contribution in [2.45, 2.75) is 484 Å². The van der Waals surface area contributed by atoms with Gasteiger partial charge < -0.3 is 33.8 Å². The molecule has 3 N–H and O–H groups in total. The summed E-state index contributed by atoms with van der Waals surface area (Å²) < 4.78 is 69.0. The van der Waals surface area contributed by atoms with Crippen molar-refractivity contribution in [3.05, 3.63) is 0 Å². The summed E-state index contributed by atoms with van der Waals surface area (Å²) in [5.41, 5.74) is 0. The van der Waals surface area contributed by atoms with E-state index in [-0.39, 0.29) is 25.7 Å². The van der Waals surface area contributed by atoms with E-state index in [1.165, 1.54) is 283 Å². The standard InChI is InChI=1S/C87H170O17P2/c1-7-10-12-14-16-18-20-22-23-24-25-28-35-41-47-53-59-65-71-86(91)103-82(75-97-84(89)69-63-57-51-45-39-21-19-17-15-13-11-8-2)77-101-105(93,94)99-73-81(88)74-100-106(95,96)102-78-83(104-87(92)72-66-60-54-48-42-36-29-26-27-32-37-43-49-55-61-67-79(4)5)76-98-85(90)70-64-58-52-46-40-34-31-30-33-38-44-50-56-62-68-80(6)9-3/h79-83,88H,7-78H2,1-6H3,(H,93,94)(H,95,96)/t80?,81-,82+,83+/m0/s1. The highest BCUT2D eigenvalue weighted by atomic mass is 31.2. The molecule has 0 aliphatic rings. The highest BCUT2D eigenvalue weighted by molar-refractivity contribution is 7.47. The van der Waals surface area contributed by atoms with Crippen molar-refractivity contribution < 1.29 is 80.2 Å². The van der Waals surface area contributed by atoms with E-state index >= 15 is 0 Å². The van der Waals surface area contributed by atoms with E-state index in [2.05, 4.69) is 41.5 Å². The fourth-order valence-corrected chi connectivity index (χ4v) is 15.1. The summed E-state index contributed by atoms with van der Waals surface area (Å²) in [6, 6.07) is 0. The average Bonchev–Trinajstić information content (AvgIpc) is 0.906. The first-order valence-electron chi connectivity index (χ1n) is 45.0. The quantitative estimate of drug-likeness (QED) is 0.0222. The van der Waals surface area contributed by atoms with Gasteiger partial charge in [-0.25, -0.2) is 9.13 Å². The van der Waals surface area contributed by atoms with Crippen LogP contribution in [0.15, 0.2) is 0 Å². The number of carbonyl (C=O) groups excluding carboxylic acids is 4. The Balaban J connectivity index is 5.26. The second-order valence-electron chi connectivity index (χ2n) is 32.0. The molecular weight excluding hydrogens is 1380 g/mol. The van der Waals surface area contributed by atoms with Crippen LogP contribution >= 0.6 is 15.6 Å². The molecule has 3 unspecified atom stereocenters. The van der Waals surface area contributed by atoms with Crippen LogP contribution < -0.4 is 0 Å². The van der Waals surface area contributed by atoms with Crippen molar-refractivity contribution in [1.29, 1.82) is 0 Å². The first kappa shape index (κ1) is 104. The molecule has 0 saturated carbocycles. The van der Waals surface area contributed by atoms with Gasteiger partial charge in [-0.1, -0.05) is 414 Å². The van der Waals surface area contributed by atoms with E-state index < -0.39 is 97.5 Å². The van der Waals surface area contributed by atoms with Crippen molar-refractivity contribution >= 4 is 39.5 Å². The van der Waals surface area contributed by atoms with Crippen molar-refractivity contribution in [2.24, 2.45) is 11.8 Å². The predicted octanol–water partition coefficient (Wildman–Crippen LogP) is 26.6. The summed E-state index contributed by atoms with van der Waals surface area (Å²) in [4.78, 5) is 73.3. The van der Waals surface area contributed by atoms with Crippen LogP contribution in [0, 0.1) is 11.8 Å². The maximum Gasteiger partial charge on any atom is 0.472 e. The summed E-state index contributed by atoms with van der Waals surface area (Å²) in [7, 11) is -9.93. The van der Waals surface area contributed by atoms with Crippen molar-refractivity contribution in [2.75, 3.05) is 39.6 Å². The molecule has 19 heteroatoms. The van der Waals surface area contributed by atoms with Crippen molar-refractivity contribution in [1.82, 2.24) is 0 Å². The Morgan fingerprint density at radius 1 is 0.274 bits per heavy atom. The lowest BCUT2D eigenvalue weighted by atomic mass is 9.99. The number of phosphoric ester groups is 2. The first-order chi connectivity index (χ1) is 51.4. The Morgan fingerprint density at radius 3 is 0.717 bits per heavy atom. The van der Waals surface area contributed by atoms with Gasteiger partial charge in [0.1, 0.15) is 19.3 Å². The topological polar surface area (TPSA) is 237 Å². The maximum atomic E-state index is 13.2. The van der Waals surface area contributed by atoms with E-state index in [9.17, 15) is 43.2 Å². The lowest BCUT2D eigenvalue weighted by Crippen LogP contribution is -2.30. The van der Waals surface area contributed by atoms with Gasteiger partial charge in [-0.15, -0.1) is 0 Å². The zero-order chi connectivity index (χ0) is 77.8. The van der Waals surface area contributed by atoms with Crippen LogP contribution in [0.3, 0.4) is 0 Å². The number of unbranched alkanes of at least 4 members (excludes halogenated alkanes) is 55. The van der Waals surface area contributed by atoms with Crippen LogP contribution in [0.5, 0.6) is 0 Å². The number of phosphoric acid groups is 2. The molecule has 0 bridgehead atoms. The molecule has 106 heavy (non-hydrogen) atoms. The number of carbonyl (C=O) groups is 4. The summed E-state index contributed by atoms with van der Waals surface area (Å²) in [6.45, 7) is 9.77. The largest absolute Gasteiger partial charge is 0.472 e. The van der Waals surface area contributed by atoms with Gasteiger partial charge in [0.05, 0.1) is 26.4 Å². The van der Waals surface area contributed by atoms with Gasteiger partial charge in [-0.05, 0) is 37.5 Å². The van der Waals surface area contributed by atoms with Crippen LogP contribution in [0.2, 0.25) is 0 Å². The molecule has 0 radical (unpaired) electrons. The third-order valence-electron chi connectivity index (χ3n) is 20.8. The van der Waals surface area contributed by atoms with E-state index in [0.29, 0.717) is 25.7 Å². The molecular formula is C87H170O17P2. The summed E-state index contributed by atoms with van der Waals surface area (Å²) >= 11 is 0. The number of rotatable bonds is 86. The Kier molecular flexibility index (Phi) is 76.9. The molecule has 0 spiro atoms. The SMILES string of the molecule is CCCCCCCCCCCCCCCCCCCCC(=O)O[C@H](COC(=O)CCCCCCCCCCCCCC)COP(=O)(O)OC[C@H](O)COP(=O)(O)OC[C@@H](COC(=O)CCCCCCCCCCCCCCCCC(C)CC)OC(=O)CCCCCCCCCCCCCCCCCC(C)C. The van der Waals surface area contributed by atoms with Crippen molar-refractivity contribution in [3.63, 3.8) is 0 Å². The Hall–Kier alpha value is -1.94. The lowest BCUT2D eigenvalue weighted by molar-refractivity contribution is -0.161. The van der Waals surface area contributed by atoms with Gasteiger partial charge in [-0.3, -0.25) is 37.3 Å². The molecule has 630 valence electrons. The second kappa shape index (κ2) is 78.3. The fourth-order valence-electron chi connectivity index (χ4n) is 13.6. The van der Waals surface area contributed by atoms with E-state index in [4.69, 9.17) is 37.0 Å². The van der Waals surface area contributed by atoms with Crippen LogP contribution in [0.4, 0.5) is 0 Å². The molecule has 6 atom stereocenters. The molecule has 0 amide bonds. The molecule has 0 rings (SSSR count). The molecule has 0 aromatic heterocycles. The lowest BCUT2D eigenvalue weighted by Gasteiger charge is -2.21. The highest BCUT2D eigenvalue weighted by Crippen LogP contribution is 2.45. The zero-order valence-corrected chi connectivity index (χ0v) is 71.5. The Labute approximate surface area is 651 Å². The summed E-state index contributed by atoms with van der Waals surface area (Å²) in [5.74, 6) is -0.445. The van der Waals surface area contributed by atoms with Crippen LogP contribution in [-0.4, -0.2) is 96.7 Å². The number of hydrogen-bond acceptors (Lipinski definition) is 15. The molecule has 0 fully saturated rings. The highest BCUT2D eigenvalue weighted by Gasteiger charge is 2.30. The minimum Gasteiger partial charge on any atom is -0.462 e. The number of ether oxygens (including phenoxy) is 4. The van der Waals surface area contributed by atoms with Gasteiger partial charge in [0.15, 0.2) is 12.2 Å². The number of aliphatic hydroxyl groups excluding tert-OH is 1. The fraction of sp³-hybridized carbons (Fsp3) is 0.954. The average molecular weight is 1550 g/mol. The maximum absolute atomic E-state index is 13.2. The van der Waals surface area contributed by atoms with Crippen LogP contribution in [0.25, 0.3) is 0 Å².